The van der Waals surface area contributed by atoms with Gasteiger partial charge in [-0.25, -0.2) is 0 Å². The van der Waals surface area contributed by atoms with Crippen molar-refractivity contribution < 1.29 is 27.0 Å². The first kappa shape index (κ1) is 34.0. The van der Waals surface area contributed by atoms with Crippen LogP contribution in [-0.4, -0.2) is 42.2 Å². The Kier molecular flexibility index (Phi) is 14.2. The number of hydrogen-bond acceptors (Lipinski definition) is 2. The number of benzene rings is 2. The van der Waals surface area contributed by atoms with Gasteiger partial charge in [0.2, 0.25) is 0 Å². The van der Waals surface area contributed by atoms with Crippen LogP contribution in [0.4, 0.5) is 17.6 Å². The third kappa shape index (κ3) is 9.25. The van der Waals surface area contributed by atoms with E-state index in [9.17, 15) is 17.6 Å². The van der Waals surface area contributed by atoms with Gasteiger partial charge < -0.3 is 0 Å². The molecule has 2 aromatic carbocycles. The molecular weight excluding hydrogens is 674 g/mol. The van der Waals surface area contributed by atoms with Gasteiger partial charge in [0, 0.05) is 0 Å². The third-order valence-corrected chi connectivity index (χ3v) is 11.0. The Balaban J connectivity index is 0.000000230. The second-order valence-electron chi connectivity index (χ2n) is 9.46. The van der Waals surface area contributed by atoms with Gasteiger partial charge in [-0.2, -0.15) is 0 Å². The first-order valence-corrected chi connectivity index (χ1v) is 17.8. The van der Waals surface area contributed by atoms with Crippen LogP contribution in [0.25, 0.3) is 26.1 Å². The summed E-state index contributed by atoms with van der Waals surface area (Å²) < 4.78 is 70.6. The van der Waals surface area contributed by atoms with Gasteiger partial charge in [0.1, 0.15) is 0 Å². The first-order valence-electron chi connectivity index (χ1n) is 14.4. The molecule has 0 fully saturated rings. The number of allylic oxidation sites excluding steroid dienone is 1. The van der Waals surface area contributed by atoms with Crippen molar-refractivity contribution in [1.82, 2.24) is 0 Å². The Morgan fingerprint density at radius 2 is 1.19 bits per heavy atom. The molecule has 0 radical (unpaired) electrons. The van der Waals surface area contributed by atoms with Gasteiger partial charge in [0.05, 0.1) is 0 Å². The molecule has 0 saturated heterocycles. The molecule has 0 aliphatic rings. The van der Waals surface area contributed by atoms with Crippen LogP contribution in [0.5, 0.6) is 11.5 Å². The van der Waals surface area contributed by atoms with Crippen LogP contribution < -0.4 is 9.47 Å². The number of unbranched alkanes of at least 4 members (excludes halogenated alkanes) is 3. The van der Waals surface area contributed by atoms with Crippen LogP contribution in [0.15, 0.2) is 54.6 Å². The van der Waals surface area contributed by atoms with Crippen molar-refractivity contribution >= 4 is 35.1 Å². The molecule has 0 atom stereocenters. The minimum absolute atomic E-state index is 0.0130. The van der Waals surface area contributed by atoms with Gasteiger partial charge in [-0.1, -0.05) is 0 Å². The number of halogens is 4. The van der Waals surface area contributed by atoms with Gasteiger partial charge in [-0.05, 0) is 0 Å². The molecule has 42 heavy (non-hydrogen) atoms. The topological polar surface area (TPSA) is 18.5 Å². The van der Waals surface area contributed by atoms with E-state index in [1.807, 2.05) is 18.2 Å². The van der Waals surface area contributed by atoms with Crippen LogP contribution in [0, 0.1) is 23.3 Å². The van der Waals surface area contributed by atoms with Crippen LogP contribution in [-0.2, 0) is 6.42 Å². The van der Waals surface area contributed by atoms with Gasteiger partial charge in [0.15, 0.2) is 0 Å². The summed E-state index contributed by atoms with van der Waals surface area (Å²) in [6.45, 7) is 8.44. The van der Waals surface area contributed by atoms with Crippen LogP contribution in [0.2, 0.25) is 0 Å². The van der Waals surface area contributed by atoms with E-state index in [4.69, 9.17) is 9.47 Å². The second kappa shape index (κ2) is 17.6. The molecule has 4 rings (SSSR count). The van der Waals surface area contributed by atoms with E-state index in [-0.39, 0.29) is 40.5 Å². The second-order valence-corrected chi connectivity index (χ2v) is 14.3. The molecule has 2 nitrogen and oxygen atoms in total. The van der Waals surface area contributed by atoms with E-state index < -0.39 is 23.3 Å². The number of aryl methyl sites for hydroxylation is 1. The fraction of sp³-hybridized carbons (Fsp3) is 0.353. The number of rotatable bonds is 13. The van der Waals surface area contributed by atoms with Crippen molar-refractivity contribution in [2.24, 2.45) is 0 Å². The third-order valence-electron chi connectivity index (χ3n) is 6.28. The standard InChI is InChI=1S/C17H20F2OSe.C17H18F2OSe/c2*1-3-5-6-7-12-8-11-15(21-12)13-9-10-14(20-4-2)17(19)16(13)18/h8-11H,3-7H2,1-2H3;6-11H,3-5H2,1-2H3. The van der Waals surface area contributed by atoms with E-state index in [1.54, 1.807) is 26.0 Å². The van der Waals surface area contributed by atoms with Crippen molar-refractivity contribution in [3.05, 3.63) is 86.8 Å². The van der Waals surface area contributed by atoms with Gasteiger partial charge in [-0.3, -0.25) is 0 Å². The average Bonchev–Trinajstić information content (AvgIpc) is 3.65. The molecule has 4 aromatic rings. The summed E-state index contributed by atoms with van der Waals surface area (Å²) in [7, 11) is 0. The number of hydrogen-bond donors (Lipinski definition) is 0. The van der Waals surface area contributed by atoms with Crippen molar-refractivity contribution in [3.8, 4) is 31.5 Å². The quantitative estimate of drug-likeness (QED) is 0.0781. The SMILES string of the molecule is CCCC=Cc1ccc(-c2ccc(OCC)c(F)c2F)[se]1.CCCCCc1ccc(-c2ccc(OCC)c(F)c2F)[se]1. The van der Waals surface area contributed by atoms with Gasteiger partial charge in [0.25, 0.3) is 0 Å². The molecule has 8 heteroatoms. The Morgan fingerprint density at radius 3 is 1.74 bits per heavy atom. The molecule has 0 unspecified atom stereocenters. The van der Waals surface area contributed by atoms with Crippen LogP contribution in [0.3, 0.4) is 0 Å². The molecule has 0 saturated carbocycles. The van der Waals surface area contributed by atoms with Crippen molar-refractivity contribution in [1.29, 1.82) is 0 Å². The molecule has 0 amide bonds. The van der Waals surface area contributed by atoms with Gasteiger partial charge in [-0.15, -0.1) is 0 Å². The summed E-state index contributed by atoms with van der Waals surface area (Å²) in [6, 6.07) is 14.1. The fourth-order valence-electron chi connectivity index (χ4n) is 4.14. The molecule has 0 N–H and O–H groups in total. The summed E-state index contributed by atoms with van der Waals surface area (Å²) in [5.41, 5.74) is 0.712. The molecule has 226 valence electrons. The maximum atomic E-state index is 14.2. The predicted molar refractivity (Wildman–Crippen MR) is 167 cm³/mol. The van der Waals surface area contributed by atoms with E-state index in [2.05, 4.69) is 32.1 Å². The van der Waals surface area contributed by atoms with Gasteiger partial charge >= 0.3 is 260 Å². The van der Waals surface area contributed by atoms with Crippen molar-refractivity contribution in [2.75, 3.05) is 13.2 Å². The maximum absolute atomic E-state index is 14.2. The average molecular weight is 713 g/mol. The monoisotopic (exact) mass is 714 g/mol. The molecule has 0 spiro atoms. The zero-order valence-electron chi connectivity index (χ0n) is 24.6. The summed E-state index contributed by atoms with van der Waals surface area (Å²) in [4.78, 5) is 0. The Labute approximate surface area is 258 Å². The van der Waals surface area contributed by atoms with E-state index in [0.29, 0.717) is 24.3 Å². The van der Waals surface area contributed by atoms with E-state index >= 15 is 0 Å². The normalized spacial score (nSPS) is 11.0. The summed E-state index contributed by atoms with van der Waals surface area (Å²) in [6.07, 6.45) is 11.0. The molecule has 0 bridgehead atoms. The molecular formula is C34H38F4O2Se2. The molecule has 2 aromatic heterocycles. The molecule has 0 aliphatic carbocycles. The Morgan fingerprint density at radius 1 is 0.619 bits per heavy atom. The van der Waals surface area contributed by atoms with E-state index in [1.165, 1.54) is 40.3 Å². The van der Waals surface area contributed by atoms with Crippen LogP contribution in [0.1, 0.15) is 68.7 Å². The van der Waals surface area contributed by atoms with E-state index in [0.717, 1.165) is 28.1 Å². The minimum atomic E-state index is -0.902. The zero-order chi connectivity index (χ0) is 30.5. The predicted octanol–water partition coefficient (Wildman–Crippen LogP) is 9.72. The first-order chi connectivity index (χ1) is 20.3. The summed E-state index contributed by atoms with van der Waals surface area (Å²) in [5, 5.41) is 0. The van der Waals surface area contributed by atoms with Crippen molar-refractivity contribution in [3.63, 3.8) is 0 Å². The van der Waals surface area contributed by atoms with Crippen molar-refractivity contribution in [2.45, 2.75) is 66.2 Å². The summed E-state index contributed by atoms with van der Waals surface area (Å²) >= 11 is 0.124. The number of ether oxygens (including phenoxy) is 2. The Hall–Kier alpha value is -2.50. The van der Waals surface area contributed by atoms with Crippen LogP contribution >= 0.6 is 0 Å². The molecule has 0 aliphatic heterocycles. The zero-order valence-corrected chi connectivity index (χ0v) is 28.0. The Bertz CT molecular complexity index is 1440. The fourth-order valence-corrected chi connectivity index (χ4v) is 8.39. The summed E-state index contributed by atoms with van der Waals surface area (Å²) in [5.74, 6) is -3.44. The molecule has 2 heterocycles.